The molecule has 1 aromatic carbocycles. The predicted molar refractivity (Wildman–Crippen MR) is 196 cm³/mol. The van der Waals surface area contributed by atoms with Crippen LogP contribution in [-0.4, -0.2) is 68.7 Å². The molecule has 266 valence electrons. The molecule has 1 aliphatic heterocycles. The van der Waals surface area contributed by atoms with Crippen molar-refractivity contribution >= 4 is 5.91 Å². The lowest BCUT2D eigenvalue weighted by Gasteiger charge is -2.32. The fraction of sp³-hybridized carbons (Fsp3) is 0.825. The maximum Gasteiger partial charge on any atom is 0.220 e. The van der Waals surface area contributed by atoms with E-state index >= 15 is 0 Å². The highest BCUT2D eigenvalue weighted by molar-refractivity contribution is 5.75. The van der Waals surface area contributed by atoms with Crippen LogP contribution in [0.5, 0.6) is 11.5 Å². The summed E-state index contributed by atoms with van der Waals surface area (Å²) in [4.78, 5) is 17.5. The SMILES string of the molecule is CCCCCCCCCCCCOc1cc(CNC(=O)CCCN2CCN(C)CC2)cc(OCCCCCCCCCCCC)c1. The fourth-order valence-electron chi connectivity index (χ4n) is 6.28. The summed E-state index contributed by atoms with van der Waals surface area (Å²) in [5.41, 5.74) is 1.05. The topological polar surface area (TPSA) is 54.0 Å². The van der Waals surface area contributed by atoms with E-state index in [-0.39, 0.29) is 5.91 Å². The number of unbranched alkanes of at least 4 members (excludes halogenated alkanes) is 18. The van der Waals surface area contributed by atoms with Crippen LogP contribution in [0, 0.1) is 0 Å². The minimum atomic E-state index is 0.124. The van der Waals surface area contributed by atoms with Crippen LogP contribution in [0.1, 0.15) is 161 Å². The maximum absolute atomic E-state index is 12.6. The zero-order valence-electron chi connectivity index (χ0n) is 30.6. The van der Waals surface area contributed by atoms with Gasteiger partial charge in [0.2, 0.25) is 5.91 Å². The van der Waals surface area contributed by atoms with E-state index in [0.29, 0.717) is 13.0 Å². The van der Waals surface area contributed by atoms with E-state index in [1.165, 1.54) is 116 Å². The monoisotopic (exact) mass is 644 g/mol. The van der Waals surface area contributed by atoms with Crippen LogP contribution < -0.4 is 14.8 Å². The van der Waals surface area contributed by atoms with E-state index in [9.17, 15) is 4.79 Å². The summed E-state index contributed by atoms with van der Waals surface area (Å²) in [5, 5.41) is 3.15. The molecule has 1 fully saturated rings. The first kappa shape index (κ1) is 40.4. The molecule has 0 spiro atoms. The first-order valence-electron chi connectivity index (χ1n) is 19.7. The molecular formula is C40H73N3O3. The normalized spacial score (nSPS) is 14.1. The zero-order chi connectivity index (χ0) is 32.9. The Morgan fingerprint density at radius 1 is 0.609 bits per heavy atom. The van der Waals surface area contributed by atoms with Crippen molar-refractivity contribution in [3.8, 4) is 11.5 Å². The molecule has 0 radical (unpaired) electrons. The Hall–Kier alpha value is -1.79. The second kappa shape index (κ2) is 28.2. The molecule has 46 heavy (non-hydrogen) atoms. The van der Waals surface area contributed by atoms with Gasteiger partial charge in [0.25, 0.3) is 0 Å². The van der Waals surface area contributed by atoms with E-state index in [2.05, 4.69) is 48.1 Å². The third-order valence-corrected chi connectivity index (χ3v) is 9.44. The molecule has 6 nitrogen and oxygen atoms in total. The number of carbonyl (C=O) groups excluding carboxylic acids is 1. The van der Waals surface area contributed by atoms with E-state index in [0.717, 1.165) is 82.3 Å². The van der Waals surface area contributed by atoms with Crippen molar-refractivity contribution in [3.63, 3.8) is 0 Å². The molecule has 1 aliphatic rings. The third kappa shape index (κ3) is 21.9. The highest BCUT2D eigenvalue weighted by atomic mass is 16.5. The van der Waals surface area contributed by atoms with Gasteiger partial charge in [-0.05, 0) is 50.6 Å². The van der Waals surface area contributed by atoms with Gasteiger partial charge in [-0.2, -0.15) is 0 Å². The highest BCUT2D eigenvalue weighted by Gasteiger charge is 2.14. The van der Waals surface area contributed by atoms with Crippen LogP contribution in [-0.2, 0) is 11.3 Å². The number of nitrogens with one attached hydrogen (secondary N) is 1. The Morgan fingerprint density at radius 3 is 1.50 bits per heavy atom. The van der Waals surface area contributed by atoms with Gasteiger partial charge in [-0.3, -0.25) is 4.79 Å². The Balaban J connectivity index is 1.71. The number of piperazine rings is 1. The van der Waals surface area contributed by atoms with Gasteiger partial charge in [0, 0.05) is 45.2 Å². The molecular weight excluding hydrogens is 570 g/mol. The number of nitrogens with zero attached hydrogens (tertiary/aromatic N) is 2. The van der Waals surface area contributed by atoms with Gasteiger partial charge in [0.05, 0.1) is 13.2 Å². The largest absolute Gasteiger partial charge is 0.493 e. The molecule has 0 atom stereocenters. The van der Waals surface area contributed by atoms with E-state index < -0.39 is 0 Å². The van der Waals surface area contributed by atoms with Crippen LogP contribution in [0.25, 0.3) is 0 Å². The molecule has 6 heteroatoms. The summed E-state index contributed by atoms with van der Waals surface area (Å²) >= 11 is 0. The lowest BCUT2D eigenvalue weighted by atomic mass is 10.1. The molecule has 0 bridgehead atoms. The molecule has 2 rings (SSSR count). The Bertz CT molecular complexity index is 812. The number of rotatable bonds is 30. The van der Waals surface area contributed by atoms with Gasteiger partial charge in [-0.1, -0.05) is 129 Å². The number of likely N-dealkylation sites (N-methyl/N-ethyl adjacent to an activating group) is 1. The van der Waals surface area contributed by atoms with Gasteiger partial charge < -0.3 is 24.6 Å². The average molecular weight is 644 g/mol. The fourth-order valence-corrected chi connectivity index (χ4v) is 6.28. The van der Waals surface area contributed by atoms with Crippen molar-refractivity contribution in [2.24, 2.45) is 0 Å². The third-order valence-electron chi connectivity index (χ3n) is 9.44. The summed E-state index contributed by atoms with van der Waals surface area (Å²) in [6.07, 6.45) is 27.9. The molecule has 0 aliphatic carbocycles. The number of benzene rings is 1. The van der Waals surface area contributed by atoms with E-state index in [4.69, 9.17) is 9.47 Å². The lowest BCUT2D eigenvalue weighted by molar-refractivity contribution is -0.121. The number of ether oxygens (including phenoxy) is 2. The van der Waals surface area contributed by atoms with Crippen molar-refractivity contribution in [2.75, 3.05) is 53.0 Å². The van der Waals surface area contributed by atoms with Crippen LogP contribution in [0.2, 0.25) is 0 Å². The number of hydrogen-bond acceptors (Lipinski definition) is 5. The van der Waals surface area contributed by atoms with E-state index in [1.807, 2.05) is 6.07 Å². The molecule has 0 unspecified atom stereocenters. The van der Waals surface area contributed by atoms with Crippen molar-refractivity contribution in [1.29, 1.82) is 0 Å². The molecule has 0 saturated carbocycles. The number of carbonyl (C=O) groups is 1. The molecule has 1 aromatic rings. The van der Waals surface area contributed by atoms with Gasteiger partial charge in [0.1, 0.15) is 11.5 Å². The Labute approximate surface area is 284 Å². The second-order valence-corrected chi connectivity index (χ2v) is 13.9. The predicted octanol–water partition coefficient (Wildman–Crippen LogP) is 9.93. The lowest BCUT2D eigenvalue weighted by Crippen LogP contribution is -2.44. The zero-order valence-corrected chi connectivity index (χ0v) is 30.6. The summed E-state index contributed by atoms with van der Waals surface area (Å²) in [6, 6.07) is 6.19. The summed E-state index contributed by atoms with van der Waals surface area (Å²) in [6.45, 7) is 12.0. The standard InChI is InChI=1S/C40H73N3O3/c1-4-6-8-10-12-14-16-18-20-22-31-45-38-33-37(36-41-40(44)25-24-26-43-29-27-42(3)28-30-43)34-39(35-38)46-32-23-21-19-17-15-13-11-9-7-5-2/h33-35H,4-32,36H2,1-3H3,(H,41,44). The van der Waals surface area contributed by atoms with Gasteiger partial charge in [0.15, 0.2) is 0 Å². The smallest absolute Gasteiger partial charge is 0.220 e. The molecule has 1 heterocycles. The van der Waals surface area contributed by atoms with Gasteiger partial charge >= 0.3 is 0 Å². The van der Waals surface area contributed by atoms with Crippen molar-refractivity contribution in [1.82, 2.24) is 15.1 Å². The number of amides is 1. The van der Waals surface area contributed by atoms with Crippen LogP contribution >= 0.6 is 0 Å². The molecule has 1 N–H and O–H groups in total. The number of hydrogen-bond donors (Lipinski definition) is 1. The molecule has 0 aromatic heterocycles. The van der Waals surface area contributed by atoms with Crippen molar-refractivity contribution in [3.05, 3.63) is 23.8 Å². The van der Waals surface area contributed by atoms with Gasteiger partial charge in [-0.25, -0.2) is 0 Å². The maximum atomic E-state index is 12.6. The first-order valence-corrected chi connectivity index (χ1v) is 19.7. The first-order chi connectivity index (χ1) is 22.6. The summed E-state index contributed by atoms with van der Waals surface area (Å²) in [5.74, 6) is 1.84. The Morgan fingerprint density at radius 2 is 1.04 bits per heavy atom. The molecule has 1 saturated heterocycles. The van der Waals surface area contributed by atoms with Crippen molar-refractivity contribution < 1.29 is 14.3 Å². The minimum Gasteiger partial charge on any atom is -0.493 e. The van der Waals surface area contributed by atoms with Crippen LogP contribution in [0.3, 0.4) is 0 Å². The Kier molecular flexibility index (Phi) is 24.8. The quantitative estimate of drug-likeness (QED) is 0.0846. The van der Waals surface area contributed by atoms with Gasteiger partial charge in [-0.15, -0.1) is 0 Å². The molecule has 1 amide bonds. The minimum absolute atomic E-state index is 0.124. The second-order valence-electron chi connectivity index (χ2n) is 13.9. The van der Waals surface area contributed by atoms with Crippen molar-refractivity contribution in [2.45, 2.75) is 162 Å². The summed E-state index contributed by atoms with van der Waals surface area (Å²) in [7, 11) is 2.18. The van der Waals surface area contributed by atoms with E-state index in [1.54, 1.807) is 0 Å². The summed E-state index contributed by atoms with van der Waals surface area (Å²) < 4.78 is 12.4. The highest BCUT2D eigenvalue weighted by Crippen LogP contribution is 2.24. The average Bonchev–Trinajstić information content (AvgIpc) is 3.06. The van der Waals surface area contributed by atoms with Crippen LogP contribution in [0.4, 0.5) is 0 Å². The van der Waals surface area contributed by atoms with Crippen LogP contribution in [0.15, 0.2) is 18.2 Å².